The lowest BCUT2D eigenvalue weighted by Crippen LogP contribution is -2.34. The maximum Gasteiger partial charge on any atom is 0.227 e. The predicted molar refractivity (Wildman–Crippen MR) is 98.7 cm³/mol. The third-order valence-corrected chi connectivity index (χ3v) is 5.65. The van der Waals surface area contributed by atoms with Gasteiger partial charge in [0.2, 0.25) is 15.9 Å². The Kier molecular flexibility index (Phi) is 5.20. The van der Waals surface area contributed by atoms with Crippen molar-refractivity contribution in [3.8, 4) is 0 Å². The number of carbonyl (C=O) groups is 1. The number of hydrogen-bond donors (Lipinski definition) is 1. The predicted octanol–water partition coefficient (Wildman–Crippen LogP) is 2.61. The van der Waals surface area contributed by atoms with Gasteiger partial charge in [-0.2, -0.15) is 0 Å². The van der Waals surface area contributed by atoms with E-state index in [4.69, 9.17) is 0 Å². The zero-order valence-electron chi connectivity index (χ0n) is 14.2. The number of benzene rings is 2. The van der Waals surface area contributed by atoms with Gasteiger partial charge in [0.05, 0.1) is 5.75 Å². The molecule has 0 bridgehead atoms. The minimum absolute atomic E-state index is 0.0309. The molecule has 0 aliphatic carbocycles. The second-order valence-electron chi connectivity index (χ2n) is 6.17. The van der Waals surface area contributed by atoms with Gasteiger partial charge in [0.25, 0.3) is 0 Å². The monoisotopic (exact) mass is 358 g/mol. The number of carbonyl (C=O) groups excluding carboxylic acids is 1. The van der Waals surface area contributed by atoms with Crippen molar-refractivity contribution in [2.24, 2.45) is 0 Å². The Balaban J connectivity index is 1.69. The smallest absolute Gasteiger partial charge is 0.227 e. The summed E-state index contributed by atoms with van der Waals surface area (Å²) < 4.78 is 27.1. The van der Waals surface area contributed by atoms with Crippen LogP contribution in [0.4, 0.5) is 5.69 Å². The lowest BCUT2D eigenvalue weighted by molar-refractivity contribution is -0.118. The van der Waals surface area contributed by atoms with E-state index < -0.39 is 10.0 Å². The van der Waals surface area contributed by atoms with E-state index in [1.807, 2.05) is 43.3 Å². The third-order valence-electron chi connectivity index (χ3n) is 4.36. The minimum atomic E-state index is -3.39. The van der Waals surface area contributed by atoms with Crippen LogP contribution in [0.2, 0.25) is 0 Å². The van der Waals surface area contributed by atoms with E-state index in [9.17, 15) is 13.2 Å². The van der Waals surface area contributed by atoms with Gasteiger partial charge in [-0.1, -0.05) is 42.5 Å². The molecule has 2 aromatic carbocycles. The van der Waals surface area contributed by atoms with Crippen molar-refractivity contribution in [1.29, 1.82) is 0 Å². The molecule has 6 heteroatoms. The molecule has 1 aliphatic rings. The molecule has 25 heavy (non-hydrogen) atoms. The van der Waals surface area contributed by atoms with Gasteiger partial charge >= 0.3 is 0 Å². The van der Waals surface area contributed by atoms with Crippen LogP contribution in [-0.2, 0) is 33.5 Å². The molecule has 0 atom stereocenters. The quantitative estimate of drug-likeness (QED) is 0.863. The van der Waals surface area contributed by atoms with E-state index in [1.165, 1.54) is 0 Å². The number of amides is 1. The molecular weight excluding hydrogens is 336 g/mol. The van der Waals surface area contributed by atoms with E-state index >= 15 is 0 Å². The Bertz CT molecular complexity index is 863. The van der Waals surface area contributed by atoms with Crippen LogP contribution in [-0.4, -0.2) is 20.9 Å². The zero-order valence-corrected chi connectivity index (χ0v) is 15.1. The van der Waals surface area contributed by atoms with Crippen LogP contribution in [0.5, 0.6) is 0 Å². The first-order valence-electron chi connectivity index (χ1n) is 8.42. The number of nitrogens with one attached hydrogen (secondary N) is 1. The molecule has 0 unspecified atom stereocenters. The molecule has 0 radical (unpaired) electrons. The van der Waals surface area contributed by atoms with Crippen molar-refractivity contribution in [2.75, 3.05) is 11.4 Å². The lowest BCUT2D eigenvalue weighted by Gasteiger charge is -2.28. The first-order chi connectivity index (χ1) is 12.0. The molecule has 1 N–H and O–H groups in total. The number of rotatable bonds is 6. The average Bonchev–Trinajstić information content (AvgIpc) is 2.60. The SMILES string of the molecule is CCN1C(=O)CCc2cc(CNS(=O)(=O)Cc3ccccc3)ccc21. The summed E-state index contributed by atoms with van der Waals surface area (Å²) in [6.07, 6.45) is 1.21. The Morgan fingerprint density at radius 1 is 1.04 bits per heavy atom. The van der Waals surface area contributed by atoms with Crippen LogP contribution in [0.1, 0.15) is 30.0 Å². The summed E-state index contributed by atoms with van der Waals surface area (Å²) in [6, 6.07) is 14.9. The fourth-order valence-corrected chi connectivity index (χ4v) is 4.23. The summed E-state index contributed by atoms with van der Waals surface area (Å²) in [4.78, 5) is 13.7. The van der Waals surface area contributed by atoms with Gasteiger partial charge in [-0.05, 0) is 36.1 Å². The molecule has 3 rings (SSSR count). The maximum atomic E-state index is 12.2. The molecule has 1 amide bonds. The number of hydrogen-bond acceptors (Lipinski definition) is 3. The Morgan fingerprint density at radius 2 is 1.80 bits per heavy atom. The average molecular weight is 358 g/mol. The summed E-state index contributed by atoms with van der Waals surface area (Å²) in [6.45, 7) is 2.86. The molecule has 1 heterocycles. The minimum Gasteiger partial charge on any atom is -0.312 e. The molecule has 0 aromatic heterocycles. The van der Waals surface area contributed by atoms with Crippen LogP contribution in [0.3, 0.4) is 0 Å². The normalized spacial score (nSPS) is 14.4. The summed E-state index contributed by atoms with van der Waals surface area (Å²) in [5.74, 6) is 0.114. The van der Waals surface area contributed by atoms with E-state index in [2.05, 4.69) is 4.72 Å². The summed E-state index contributed by atoms with van der Waals surface area (Å²) >= 11 is 0. The highest BCUT2D eigenvalue weighted by molar-refractivity contribution is 7.88. The second-order valence-corrected chi connectivity index (χ2v) is 7.97. The fourth-order valence-electron chi connectivity index (χ4n) is 3.11. The highest BCUT2D eigenvalue weighted by Crippen LogP contribution is 2.28. The van der Waals surface area contributed by atoms with E-state index in [-0.39, 0.29) is 18.2 Å². The number of fused-ring (bicyclic) bond motifs is 1. The first kappa shape index (κ1) is 17.6. The molecule has 0 fully saturated rings. The highest BCUT2D eigenvalue weighted by Gasteiger charge is 2.22. The van der Waals surface area contributed by atoms with Crippen LogP contribution >= 0.6 is 0 Å². The molecule has 1 aliphatic heterocycles. The topological polar surface area (TPSA) is 66.5 Å². The van der Waals surface area contributed by atoms with Gasteiger partial charge in [-0.25, -0.2) is 13.1 Å². The summed E-state index contributed by atoms with van der Waals surface area (Å²) in [5.41, 5.74) is 3.70. The highest BCUT2D eigenvalue weighted by atomic mass is 32.2. The molecule has 0 saturated heterocycles. The van der Waals surface area contributed by atoms with Crippen molar-refractivity contribution in [3.05, 3.63) is 65.2 Å². The first-order valence-corrected chi connectivity index (χ1v) is 10.1. The molecule has 132 valence electrons. The van der Waals surface area contributed by atoms with Crippen LogP contribution < -0.4 is 9.62 Å². The number of aryl methyl sites for hydroxylation is 1. The van der Waals surface area contributed by atoms with Gasteiger partial charge in [0.1, 0.15) is 0 Å². The van der Waals surface area contributed by atoms with Gasteiger partial charge in [0.15, 0.2) is 0 Å². The summed E-state index contributed by atoms with van der Waals surface area (Å²) in [7, 11) is -3.39. The van der Waals surface area contributed by atoms with Crippen molar-refractivity contribution in [2.45, 2.75) is 32.1 Å². The van der Waals surface area contributed by atoms with Gasteiger partial charge < -0.3 is 4.90 Å². The standard InChI is InChI=1S/C19H22N2O3S/c1-2-21-18-10-8-16(12-17(18)9-11-19(21)22)13-20-25(23,24)14-15-6-4-3-5-7-15/h3-8,10,12,20H,2,9,11,13-14H2,1H3. The number of nitrogens with zero attached hydrogens (tertiary/aromatic N) is 1. The van der Waals surface area contributed by atoms with Gasteiger partial charge in [-0.3, -0.25) is 4.79 Å². The van der Waals surface area contributed by atoms with E-state index in [0.29, 0.717) is 19.4 Å². The van der Waals surface area contributed by atoms with Crippen molar-refractivity contribution < 1.29 is 13.2 Å². The van der Waals surface area contributed by atoms with E-state index in [0.717, 1.165) is 22.4 Å². The van der Waals surface area contributed by atoms with Crippen molar-refractivity contribution in [1.82, 2.24) is 4.72 Å². The summed E-state index contributed by atoms with van der Waals surface area (Å²) in [5, 5.41) is 0. The Hall–Kier alpha value is -2.18. The number of sulfonamides is 1. The van der Waals surface area contributed by atoms with Crippen molar-refractivity contribution in [3.63, 3.8) is 0 Å². The van der Waals surface area contributed by atoms with Crippen LogP contribution in [0.25, 0.3) is 0 Å². The Morgan fingerprint density at radius 3 is 2.52 bits per heavy atom. The Labute approximate surface area is 148 Å². The lowest BCUT2D eigenvalue weighted by atomic mass is 9.99. The largest absolute Gasteiger partial charge is 0.312 e. The van der Waals surface area contributed by atoms with Crippen LogP contribution in [0.15, 0.2) is 48.5 Å². The third kappa shape index (κ3) is 4.27. The maximum absolute atomic E-state index is 12.2. The van der Waals surface area contributed by atoms with Gasteiger partial charge in [0, 0.05) is 25.2 Å². The fraction of sp³-hybridized carbons (Fsp3) is 0.316. The molecule has 0 spiro atoms. The molecule has 0 saturated carbocycles. The zero-order chi connectivity index (χ0) is 17.9. The molecule has 2 aromatic rings. The van der Waals surface area contributed by atoms with Crippen molar-refractivity contribution >= 4 is 21.6 Å². The molecule has 5 nitrogen and oxygen atoms in total. The van der Waals surface area contributed by atoms with Crippen LogP contribution in [0, 0.1) is 0 Å². The van der Waals surface area contributed by atoms with Gasteiger partial charge in [-0.15, -0.1) is 0 Å². The molecular formula is C19H22N2O3S. The number of anilines is 1. The van der Waals surface area contributed by atoms with E-state index in [1.54, 1.807) is 17.0 Å². The second kappa shape index (κ2) is 7.37.